The number of amides is 1. The molecule has 0 spiro atoms. The molecule has 9 heteroatoms. The maximum atomic E-state index is 13.1. The number of fused-ring (bicyclic) bond motifs is 3. The van der Waals surface area contributed by atoms with Crippen LogP contribution in [0.1, 0.15) is 25.1 Å². The Balaban J connectivity index is 2.01. The molecule has 1 amide bonds. The smallest absolute Gasteiger partial charge is 0.247 e. The molecular weight excluding hydrogens is 424 g/mol. The number of ether oxygens (including phenoxy) is 2. The minimum atomic E-state index is -0.847. The van der Waals surface area contributed by atoms with Gasteiger partial charge in [-0.05, 0) is 30.5 Å². The largest absolute Gasteiger partial charge is 0.496 e. The number of aromatic nitrogens is 3. The number of rotatable bonds is 4. The Bertz CT molecular complexity index is 1110. The summed E-state index contributed by atoms with van der Waals surface area (Å²) in [4.78, 5) is 19.3. The van der Waals surface area contributed by atoms with Gasteiger partial charge in [0.2, 0.25) is 23.2 Å². The van der Waals surface area contributed by atoms with E-state index in [1.165, 1.54) is 11.8 Å². The first-order valence-corrected chi connectivity index (χ1v) is 10.9. The molecule has 30 heavy (non-hydrogen) atoms. The van der Waals surface area contributed by atoms with Crippen molar-refractivity contribution in [3.8, 4) is 22.9 Å². The highest BCUT2D eigenvalue weighted by molar-refractivity contribution is 7.98. The summed E-state index contributed by atoms with van der Waals surface area (Å²) in [6.07, 6.45) is 1.29. The molecule has 0 fully saturated rings. The Morgan fingerprint density at radius 1 is 1.27 bits per heavy atom. The van der Waals surface area contributed by atoms with Gasteiger partial charge in [0.15, 0.2) is 5.69 Å². The summed E-state index contributed by atoms with van der Waals surface area (Å²) in [5.41, 5.74) is 2.45. The van der Waals surface area contributed by atoms with E-state index in [1.807, 2.05) is 30.5 Å². The van der Waals surface area contributed by atoms with Gasteiger partial charge in [-0.15, -0.1) is 10.2 Å². The standard InChI is InChI=1S/C21H19ClN4O3S/c1-4-17(27)26-15-8-6-5-7-13(15)18-19(23-21(30-3)25-24-18)29-20(26)14-11-12(22)9-10-16(14)28-2/h5-11,20H,4H2,1-3H3/t20-/m0/s1. The molecule has 1 aromatic heterocycles. The second kappa shape index (κ2) is 8.49. The second-order valence-electron chi connectivity index (χ2n) is 6.44. The van der Waals surface area contributed by atoms with Gasteiger partial charge in [0.05, 0.1) is 18.4 Å². The minimum Gasteiger partial charge on any atom is -0.496 e. The fourth-order valence-electron chi connectivity index (χ4n) is 3.34. The lowest BCUT2D eigenvalue weighted by atomic mass is 10.1. The van der Waals surface area contributed by atoms with Crippen LogP contribution >= 0.6 is 23.4 Å². The average Bonchev–Trinajstić information content (AvgIpc) is 2.92. The van der Waals surface area contributed by atoms with Crippen molar-refractivity contribution in [1.82, 2.24) is 15.2 Å². The van der Waals surface area contributed by atoms with Crippen LogP contribution in [0.25, 0.3) is 11.3 Å². The number of carbonyl (C=O) groups is 1. The maximum Gasteiger partial charge on any atom is 0.247 e. The van der Waals surface area contributed by atoms with Gasteiger partial charge < -0.3 is 9.47 Å². The molecule has 0 saturated carbocycles. The predicted molar refractivity (Wildman–Crippen MR) is 116 cm³/mol. The lowest BCUT2D eigenvalue weighted by molar-refractivity contribution is -0.120. The van der Waals surface area contributed by atoms with E-state index in [2.05, 4.69) is 15.2 Å². The third kappa shape index (κ3) is 3.57. The van der Waals surface area contributed by atoms with Crippen LogP contribution in [0.4, 0.5) is 5.69 Å². The van der Waals surface area contributed by atoms with Gasteiger partial charge in [-0.1, -0.05) is 48.5 Å². The number of halogens is 1. The molecule has 0 saturated heterocycles. The highest BCUT2D eigenvalue weighted by atomic mass is 35.5. The van der Waals surface area contributed by atoms with Crippen molar-refractivity contribution >= 4 is 35.0 Å². The molecule has 0 radical (unpaired) electrons. The van der Waals surface area contributed by atoms with Gasteiger partial charge in [0.25, 0.3) is 0 Å². The van der Waals surface area contributed by atoms with Crippen molar-refractivity contribution in [3.05, 3.63) is 53.1 Å². The first kappa shape index (κ1) is 20.4. The fourth-order valence-corrected chi connectivity index (χ4v) is 3.82. The van der Waals surface area contributed by atoms with Crippen LogP contribution in [0.2, 0.25) is 5.02 Å². The highest BCUT2D eigenvalue weighted by Gasteiger charge is 2.36. The molecule has 0 bridgehead atoms. The number of benzene rings is 2. The van der Waals surface area contributed by atoms with Crippen LogP contribution in [-0.4, -0.2) is 34.5 Å². The van der Waals surface area contributed by atoms with E-state index in [4.69, 9.17) is 21.1 Å². The zero-order chi connectivity index (χ0) is 21.3. The fraction of sp³-hybridized carbons (Fsp3) is 0.238. The average molecular weight is 443 g/mol. The van der Waals surface area contributed by atoms with Crippen molar-refractivity contribution in [2.45, 2.75) is 24.7 Å². The number of anilines is 1. The molecule has 0 unspecified atom stereocenters. The first-order valence-electron chi connectivity index (χ1n) is 9.27. The monoisotopic (exact) mass is 442 g/mol. The van der Waals surface area contributed by atoms with E-state index in [9.17, 15) is 4.79 Å². The second-order valence-corrected chi connectivity index (χ2v) is 7.65. The third-order valence-electron chi connectivity index (χ3n) is 4.72. The molecule has 0 N–H and O–H groups in total. The molecule has 3 aromatic rings. The Morgan fingerprint density at radius 3 is 2.80 bits per heavy atom. The predicted octanol–water partition coefficient (Wildman–Crippen LogP) is 4.76. The third-order valence-corrected chi connectivity index (χ3v) is 5.50. The minimum absolute atomic E-state index is 0.125. The summed E-state index contributed by atoms with van der Waals surface area (Å²) in [7, 11) is 1.56. The van der Waals surface area contributed by atoms with Crippen LogP contribution in [0, 0.1) is 0 Å². The summed E-state index contributed by atoms with van der Waals surface area (Å²) in [5, 5.41) is 9.48. The van der Waals surface area contributed by atoms with Gasteiger partial charge in [-0.25, -0.2) is 0 Å². The van der Waals surface area contributed by atoms with Crippen LogP contribution in [0.15, 0.2) is 47.6 Å². The summed E-state index contributed by atoms with van der Waals surface area (Å²) in [5.74, 6) is 0.715. The van der Waals surface area contributed by atoms with E-state index in [0.29, 0.717) is 44.3 Å². The van der Waals surface area contributed by atoms with E-state index < -0.39 is 6.23 Å². The molecule has 1 aliphatic heterocycles. The number of carbonyl (C=O) groups excluding carboxylic acids is 1. The lowest BCUT2D eigenvalue weighted by Crippen LogP contribution is -2.37. The Kier molecular flexibility index (Phi) is 5.78. The van der Waals surface area contributed by atoms with Crippen molar-refractivity contribution in [3.63, 3.8) is 0 Å². The number of methoxy groups -OCH3 is 1. The number of thioether (sulfide) groups is 1. The molecule has 2 aromatic carbocycles. The van der Waals surface area contributed by atoms with Crippen molar-refractivity contribution < 1.29 is 14.3 Å². The quantitative estimate of drug-likeness (QED) is 0.539. The molecule has 4 rings (SSSR count). The Hall–Kier alpha value is -2.84. The van der Waals surface area contributed by atoms with Gasteiger partial charge >= 0.3 is 0 Å². The summed E-state index contributed by atoms with van der Waals surface area (Å²) >= 11 is 7.64. The SMILES string of the molecule is CCC(=O)N1c2ccccc2-c2nnc(SC)nc2O[C@H]1c1cc(Cl)ccc1OC. The van der Waals surface area contributed by atoms with E-state index in [0.717, 1.165) is 0 Å². The maximum absolute atomic E-state index is 13.1. The van der Waals surface area contributed by atoms with Crippen LogP contribution < -0.4 is 14.4 Å². The van der Waals surface area contributed by atoms with Crippen molar-refractivity contribution in [2.75, 3.05) is 18.3 Å². The lowest BCUT2D eigenvalue weighted by Gasteiger charge is -2.31. The summed E-state index contributed by atoms with van der Waals surface area (Å²) < 4.78 is 11.9. The molecular formula is C21H19ClN4O3S. The number of para-hydroxylation sites is 1. The molecule has 7 nitrogen and oxygen atoms in total. The normalized spacial score (nSPS) is 14.9. The Morgan fingerprint density at radius 2 is 2.07 bits per heavy atom. The van der Waals surface area contributed by atoms with Crippen LogP contribution in [0.3, 0.4) is 0 Å². The number of nitrogens with zero attached hydrogens (tertiary/aromatic N) is 4. The van der Waals surface area contributed by atoms with E-state index in [1.54, 1.807) is 37.1 Å². The first-order chi connectivity index (χ1) is 14.6. The molecule has 1 atom stereocenters. The summed E-state index contributed by atoms with van der Waals surface area (Å²) in [6.45, 7) is 1.80. The molecule has 154 valence electrons. The molecule has 2 heterocycles. The van der Waals surface area contributed by atoms with Crippen molar-refractivity contribution in [2.24, 2.45) is 0 Å². The van der Waals surface area contributed by atoms with Crippen LogP contribution in [0.5, 0.6) is 11.6 Å². The zero-order valence-corrected chi connectivity index (χ0v) is 18.2. The van der Waals surface area contributed by atoms with Gasteiger partial charge in [0, 0.05) is 17.0 Å². The Labute approximate surface area is 183 Å². The molecule has 1 aliphatic rings. The van der Waals surface area contributed by atoms with Gasteiger partial charge in [-0.3, -0.25) is 9.69 Å². The number of hydrogen-bond acceptors (Lipinski definition) is 7. The van der Waals surface area contributed by atoms with Gasteiger partial charge in [0.1, 0.15) is 5.75 Å². The summed E-state index contributed by atoms with van der Waals surface area (Å²) in [6, 6.07) is 12.7. The van der Waals surface area contributed by atoms with Gasteiger partial charge in [-0.2, -0.15) is 4.98 Å². The van der Waals surface area contributed by atoms with E-state index in [-0.39, 0.29) is 12.3 Å². The van der Waals surface area contributed by atoms with E-state index >= 15 is 0 Å². The number of hydrogen-bond donors (Lipinski definition) is 0. The van der Waals surface area contributed by atoms with Crippen molar-refractivity contribution in [1.29, 1.82) is 0 Å². The highest BCUT2D eigenvalue weighted by Crippen LogP contribution is 2.45. The topological polar surface area (TPSA) is 77.4 Å². The van der Waals surface area contributed by atoms with Crippen LogP contribution in [-0.2, 0) is 4.79 Å². The zero-order valence-electron chi connectivity index (χ0n) is 16.6. The molecule has 0 aliphatic carbocycles.